The Morgan fingerprint density at radius 2 is 1.73 bits per heavy atom. The van der Waals surface area contributed by atoms with Crippen molar-refractivity contribution in [1.82, 2.24) is 0 Å². The first-order valence-electron chi connectivity index (χ1n) is 5.02. The molecule has 0 saturated carbocycles. The topological polar surface area (TPSA) is 52.0 Å². The van der Waals surface area contributed by atoms with E-state index in [4.69, 9.17) is 11.5 Å². The second-order valence-corrected chi connectivity index (χ2v) is 3.97. The van der Waals surface area contributed by atoms with Crippen LogP contribution in [0.1, 0.15) is 11.1 Å². The highest BCUT2D eigenvalue weighted by Gasteiger charge is 2.19. The largest absolute Gasteiger partial charge is 0.399 e. The zero-order valence-corrected chi connectivity index (χ0v) is 8.33. The molecule has 0 aliphatic heterocycles. The molecule has 0 amide bonds. The Balaban J connectivity index is 2.33. The fourth-order valence-corrected chi connectivity index (χ4v) is 2.28. The van der Waals surface area contributed by atoms with Crippen molar-refractivity contribution < 1.29 is 0 Å². The quantitative estimate of drug-likeness (QED) is 0.542. The average molecular weight is 196 g/mol. The number of hydrogen-bond donors (Lipinski definition) is 2. The molecule has 2 aromatic carbocycles. The molecule has 0 radical (unpaired) electrons. The summed E-state index contributed by atoms with van der Waals surface area (Å²) in [5.41, 5.74) is 18.3. The van der Waals surface area contributed by atoms with Crippen LogP contribution in [0, 0.1) is 0 Å². The lowest BCUT2D eigenvalue weighted by molar-refractivity contribution is 1.27. The molecule has 2 aromatic rings. The van der Waals surface area contributed by atoms with Crippen LogP contribution in [-0.4, -0.2) is 0 Å². The molecular weight excluding hydrogens is 184 g/mol. The van der Waals surface area contributed by atoms with Crippen molar-refractivity contribution in [3.63, 3.8) is 0 Å². The van der Waals surface area contributed by atoms with E-state index in [0.29, 0.717) is 0 Å². The number of anilines is 2. The molecule has 1 aliphatic rings. The zero-order valence-electron chi connectivity index (χ0n) is 8.33. The van der Waals surface area contributed by atoms with Gasteiger partial charge in [-0.3, -0.25) is 0 Å². The van der Waals surface area contributed by atoms with Gasteiger partial charge in [0.25, 0.3) is 0 Å². The van der Waals surface area contributed by atoms with Crippen LogP contribution in [0.3, 0.4) is 0 Å². The summed E-state index contributed by atoms with van der Waals surface area (Å²) >= 11 is 0. The average Bonchev–Trinajstić information content (AvgIpc) is 2.57. The van der Waals surface area contributed by atoms with Gasteiger partial charge < -0.3 is 11.5 Å². The summed E-state index contributed by atoms with van der Waals surface area (Å²) in [6, 6.07) is 12.2. The van der Waals surface area contributed by atoms with Gasteiger partial charge in [0.2, 0.25) is 0 Å². The molecule has 0 bridgehead atoms. The molecule has 1 aliphatic carbocycles. The van der Waals surface area contributed by atoms with Gasteiger partial charge in [0.1, 0.15) is 0 Å². The maximum atomic E-state index is 5.97. The fraction of sp³-hybridized carbons (Fsp3) is 0.0769. The molecule has 3 rings (SSSR count). The first kappa shape index (κ1) is 8.36. The van der Waals surface area contributed by atoms with E-state index in [1.165, 1.54) is 22.3 Å². The van der Waals surface area contributed by atoms with Gasteiger partial charge in [-0.15, -0.1) is 0 Å². The highest BCUT2D eigenvalue weighted by atomic mass is 14.6. The Morgan fingerprint density at radius 3 is 2.60 bits per heavy atom. The highest BCUT2D eigenvalue weighted by molar-refractivity contribution is 5.84. The monoisotopic (exact) mass is 196 g/mol. The minimum absolute atomic E-state index is 0.739. The third kappa shape index (κ3) is 1.11. The number of nitrogens with two attached hydrogens (primary N) is 2. The summed E-state index contributed by atoms with van der Waals surface area (Å²) in [5.74, 6) is 0. The lowest BCUT2D eigenvalue weighted by atomic mass is 10.0. The minimum Gasteiger partial charge on any atom is -0.399 e. The normalized spacial score (nSPS) is 12.3. The van der Waals surface area contributed by atoms with Crippen LogP contribution in [0.15, 0.2) is 36.4 Å². The molecule has 4 N–H and O–H groups in total. The summed E-state index contributed by atoms with van der Waals surface area (Å²) in [4.78, 5) is 0. The van der Waals surface area contributed by atoms with Gasteiger partial charge in [-0.2, -0.15) is 0 Å². The maximum Gasteiger partial charge on any atom is 0.0376 e. The molecule has 0 fully saturated rings. The fourth-order valence-electron chi connectivity index (χ4n) is 2.28. The molecule has 2 nitrogen and oxygen atoms in total. The predicted octanol–water partition coefficient (Wildman–Crippen LogP) is 2.42. The standard InChI is InChI=1S/C13H12N2/c14-9-6-11-10-4-2-1-3-8(10)5-12(11)13(15)7-9/h1-4,6-7H,5,14-15H2. The van der Waals surface area contributed by atoms with Crippen molar-refractivity contribution in [2.75, 3.05) is 11.5 Å². The van der Waals surface area contributed by atoms with E-state index in [2.05, 4.69) is 18.2 Å². The lowest BCUT2D eigenvalue weighted by Crippen LogP contribution is -1.95. The highest BCUT2D eigenvalue weighted by Crippen LogP contribution is 2.40. The number of nitrogen functional groups attached to an aromatic ring is 2. The number of fused-ring (bicyclic) bond motifs is 3. The van der Waals surface area contributed by atoms with Gasteiger partial charge in [-0.05, 0) is 34.4 Å². The molecule has 0 unspecified atom stereocenters. The molecule has 15 heavy (non-hydrogen) atoms. The van der Waals surface area contributed by atoms with Gasteiger partial charge in [0.05, 0.1) is 0 Å². The van der Waals surface area contributed by atoms with Crippen molar-refractivity contribution in [3.05, 3.63) is 47.5 Å². The maximum absolute atomic E-state index is 5.97. The summed E-state index contributed by atoms with van der Waals surface area (Å²) in [6.45, 7) is 0. The van der Waals surface area contributed by atoms with Crippen LogP contribution >= 0.6 is 0 Å². The number of rotatable bonds is 0. The molecule has 0 heterocycles. The molecule has 0 saturated heterocycles. The van der Waals surface area contributed by atoms with Crippen molar-refractivity contribution in [3.8, 4) is 11.1 Å². The van der Waals surface area contributed by atoms with Crippen molar-refractivity contribution in [2.24, 2.45) is 0 Å². The number of hydrogen-bond acceptors (Lipinski definition) is 2. The van der Waals surface area contributed by atoms with Gasteiger partial charge >= 0.3 is 0 Å². The molecule has 74 valence electrons. The van der Waals surface area contributed by atoms with Crippen LogP contribution < -0.4 is 11.5 Å². The van der Waals surface area contributed by atoms with Gasteiger partial charge in [-0.25, -0.2) is 0 Å². The third-order valence-electron chi connectivity index (χ3n) is 2.98. The van der Waals surface area contributed by atoms with Gasteiger partial charge in [0.15, 0.2) is 0 Å². The van der Waals surface area contributed by atoms with E-state index in [-0.39, 0.29) is 0 Å². The molecular formula is C13H12N2. The SMILES string of the molecule is Nc1cc(N)c2c(c1)-c1ccccc1C2. The lowest BCUT2D eigenvalue weighted by Gasteiger charge is -2.05. The smallest absolute Gasteiger partial charge is 0.0376 e. The zero-order chi connectivity index (χ0) is 10.4. The van der Waals surface area contributed by atoms with E-state index in [1.807, 2.05) is 18.2 Å². The summed E-state index contributed by atoms with van der Waals surface area (Å²) in [6.07, 6.45) is 0.928. The van der Waals surface area contributed by atoms with E-state index in [1.54, 1.807) is 0 Å². The Hall–Kier alpha value is -1.96. The van der Waals surface area contributed by atoms with Crippen molar-refractivity contribution in [1.29, 1.82) is 0 Å². The Kier molecular flexibility index (Phi) is 1.54. The van der Waals surface area contributed by atoms with Crippen LogP contribution in [0.2, 0.25) is 0 Å². The van der Waals surface area contributed by atoms with Gasteiger partial charge in [-0.1, -0.05) is 24.3 Å². The first-order valence-corrected chi connectivity index (χ1v) is 5.02. The van der Waals surface area contributed by atoms with Crippen LogP contribution in [0.5, 0.6) is 0 Å². The molecule has 0 atom stereocenters. The Bertz CT molecular complexity index is 544. The Labute approximate surface area is 88.5 Å². The first-order chi connectivity index (χ1) is 7.25. The molecule has 0 aromatic heterocycles. The van der Waals surface area contributed by atoms with E-state index < -0.39 is 0 Å². The second kappa shape index (κ2) is 2.76. The van der Waals surface area contributed by atoms with Crippen LogP contribution in [0.25, 0.3) is 11.1 Å². The third-order valence-corrected chi connectivity index (χ3v) is 2.98. The van der Waals surface area contributed by atoms with Crippen LogP contribution in [0.4, 0.5) is 11.4 Å². The molecule has 0 spiro atoms. The minimum atomic E-state index is 0.739. The van der Waals surface area contributed by atoms with E-state index in [0.717, 1.165) is 17.8 Å². The van der Waals surface area contributed by atoms with Gasteiger partial charge in [0, 0.05) is 17.8 Å². The summed E-state index contributed by atoms with van der Waals surface area (Å²) in [7, 11) is 0. The van der Waals surface area contributed by atoms with Crippen LogP contribution in [-0.2, 0) is 6.42 Å². The van der Waals surface area contributed by atoms with Crippen molar-refractivity contribution in [2.45, 2.75) is 6.42 Å². The van der Waals surface area contributed by atoms with E-state index >= 15 is 0 Å². The molecule has 2 heteroatoms. The van der Waals surface area contributed by atoms with Crippen molar-refractivity contribution >= 4 is 11.4 Å². The summed E-state index contributed by atoms with van der Waals surface area (Å²) in [5, 5.41) is 0. The predicted molar refractivity (Wildman–Crippen MR) is 63.5 cm³/mol. The number of benzene rings is 2. The Morgan fingerprint density at radius 1 is 0.933 bits per heavy atom. The second-order valence-electron chi connectivity index (χ2n) is 3.97. The van der Waals surface area contributed by atoms with E-state index in [9.17, 15) is 0 Å². The summed E-state index contributed by atoms with van der Waals surface area (Å²) < 4.78 is 0.